The molecule has 2 aromatic carbocycles. The molecule has 4 rings (SSSR count). The summed E-state index contributed by atoms with van der Waals surface area (Å²) in [5, 5.41) is 0. The lowest BCUT2D eigenvalue weighted by molar-refractivity contribution is -0.134. The zero-order valence-electron chi connectivity index (χ0n) is 16.9. The van der Waals surface area contributed by atoms with Gasteiger partial charge < -0.3 is 9.47 Å². The van der Waals surface area contributed by atoms with Crippen molar-refractivity contribution in [3.8, 4) is 5.75 Å². The first-order valence-corrected chi connectivity index (χ1v) is 10.1. The van der Waals surface area contributed by atoms with Gasteiger partial charge in [-0.15, -0.1) is 0 Å². The number of ketones is 1. The number of fused-ring (bicyclic) bond motifs is 1. The highest BCUT2D eigenvalue weighted by Gasteiger charge is 2.43. The number of hydrogen-bond acceptors (Lipinski definition) is 5. The Kier molecular flexibility index (Phi) is 5.68. The van der Waals surface area contributed by atoms with E-state index in [4.69, 9.17) is 4.74 Å². The van der Waals surface area contributed by atoms with Crippen LogP contribution < -0.4 is 4.74 Å². The number of hydrogen-bond donors (Lipinski definition) is 0. The van der Waals surface area contributed by atoms with E-state index in [0.717, 1.165) is 30.5 Å². The molecular weight excluding hydrogens is 385 g/mol. The minimum absolute atomic E-state index is 0.0493. The zero-order valence-corrected chi connectivity index (χ0v) is 16.9. The largest absolute Gasteiger partial charge is 0.485 e. The molecule has 1 spiro atoms. The number of rotatable bonds is 4. The van der Waals surface area contributed by atoms with Crippen molar-refractivity contribution >= 4 is 17.8 Å². The minimum Gasteiger partial charge on any atom is -0.485 e. The summed E-state index contributed by atoms with van der Waals surface area (Å²) < 4.78 is 24.2. The van der Waals surface area contributed by atoms with Crippen LogP contribution in [0.4, 0.5) is 4.39 Å². The number of benzene rings is 2. The second-order valence-electron chi connectivity index (χ2n) is 7.94. The lowest BCUT2D eigenvalue weighted by Crippen LogP contribution is -2.54. The summed E-state index contributed by atoms with van der Waals surface area (Å²) >= 11 is 0. The summed E-state index contributed by atoms with van der Waals surface area (Å²) in [6, 6.07) is 11.9. The van der Waals surface area contributed by atoms with Crippen molar-refractivity contribution in [1.82, 2.24) is 4.90 Å². The number of nitrogens with zero attached hydrogens (tertiary/aromatic N) is 1. The predicted molar refractivity (Wildman–Crippen MR) is 111 cm³/mol. The Morgan fingerprint density at radius 2 is 2.07 bits per heavy atom. The summed E-state index contributed by atoms with van der Waals surface area (Å²) in [7, 11) is 1.32. The Labute approximate surface area is 175 Å². The van der Waals surface area contributed by atoms with Gasteiger partial charge in [-0.1, -0.05) is 18.2 Å². The van der Waals surface area contributed by atoms with Crippen LogP contribution in [0.2, 0.25) is 0 Å². The van der Waals surface area contributed by atoms with Crippen LogP contribution in [0.1, 0.15) is 40.7 Å². The second-order valence-corrected chi connectivity index (χ2v) is 7.94. The molecule has 0 radical (unpaired) electrons. The molecule has 0 bridgehead atoms. The molecule has 2 aromatic rings. The molecule has 2 heterocycles. The first kappa shape index (κ1) is 20.3. The average molecular weight is 409 g/mol. The Bertz CT molecular complexity index is 985. The molecule has 156 valence electrons. The molecule has 0 aliphatic carbocycles. The highest BCUT2D eigenvalue weighted by Crippen LogP contribution is 2.39. The summed E-state index contributed by atoms with van der Waals surface area (Å²) in [5.41, 5.74) is 1.79. The molecule has 0 saturated carbocycles. The molecule has 2 aliphatic rings. The Balaban J connectivity index is 1.50. The molecule has 30 heavy (non-hydrogen) atoms. The Morgan fingerprint density at radius 3 is 2.83 bits per heavy atom. The number of likely N-dealkylation sites (tertiary alicyclic amines) is 1. The van der Waals surface area contributed by atoms with E-state index < -0.39 is 11.6 Å². The Hall–Kier alpha value is -2.99. The first-order chi connectivity index (χ1) is 14.5. The molecule has 5 nitrogen and oxygen atoms in total. The quantitative estimate of drug-likeness (QED) is 0.564. The van der Waals surface area contributed by atoms with Crippen molar-refractivity contribution in [3.63, 3.8) is 0 Å². The SMILES string of the molecule is COC(=O)C=Cc1ccc2c(c1)C(=O)CC1(CCCN(Cc3ccc(F)cc3)C1)O2. The molecule has 1 atom stereocenters. The summed E-state index contributed by atoms with van der Waals surface area (Å²) in [4.78, 5) is 26.5. The number of methoxy groups -OCH3 is 1. The highest BCUT2D eigenvalue weighted by atomic mass is 19.1. The van der Waals surface area contributed by atoms with Crippen molar-refractivity contribution in [3.05, 3.63) is 71.0 Å². The van der Waals surface area contributed by atoms with Crippen LogP contribution in [-0.4, -0.2) is 42.5 Å². The second kappa shape index (κ2) is 8.40. The van der Waals surface area contributed by atoms with Crippen LogP contribution in [-0.2, 0) is 16.1 Å². The van der Waals surface area contributed by atoms with Crippen LogP contribution in [0.3, 0.4) is 0 Å². The van der Waals surface area contributed by atoms with E-state index in [9.17, 15) is 14.0 Å². The zero-order chi connectivity index (χ0) is 21.1. The molecule has 2 aliphatic heterocycles. The fourth-order valence-corrected chi connectivity index (χ4v) is 4.25. The number of carbonyl (C=O) groups excluding carboxylic acids is 2. The Morgan fingerprint density at radius 1 is 1.27 bits per heavy atom. The summed E-state index contributed by atoms with van der Waals surface area (Å²) in [5.74, 6) is -0.0523. The van der Waals surface area contributed by atoms with Crippen molar-refractivity contribution in [2.24, 2.45) is 0 Å². The van der Waals surface area contributed by atoms with Crippen LogP contribution in [0, 0.1) is 5.82 Å². The van der Waals surface area contributed by atoms with Crippen LogP contribution in [0.25, 0.3) is 6.08 Å². The summed E-state index contributed by atoms with van der Waals surface area (Å²) in [6.45, 7) is 2.27. The molecule has 1 fully saturated rings. The number of piperidine rings is 1. The van der Waals surface area contributed by atoms with Crippen LogP contribution in [0.5, 0.6) is 5.75 Å². The highest BCUT2D eigenvalue weighted by molar-refractivity contribution is 6.01. The van der Waals surface area contributed by atoms with E-state index >= 15 is 0 Å². The van der Waals surface area contributed by atoms with Gasteiger partial charge in [0, 0.05) is 19.2 Å². The number of Topliss-reactive ketones (excluding diaryl/α,β-unsaturated/α-hetero) is 1. The van der Waals surface area contributed by atoms with E-state index in [0.29, 0.717) is 30.8 Å². The predicted octanol–water partition coefficient (Wildman–Crippen LogP) is 4.01. The lowest BCUT2D eigenvalue weighted by Gasteiger charge is -2.45. The fraction of sp³-hybridized carbons (Fsp3) is 0.333. The van der Waals surface area contributed by atoms with Gasteiger partial charge in [-0.2, -0.15) is 0 Å². The van der Waals surface area contributed by atoms with Gasteiger partial charge in [0.25, 0.3) is 0 Å². The van der Waals surface area contributed by atoms with E-state index in [-0.39, 0.29) is 11.6 Å². The number of halogens is 1. The minimum atomic E-state index is -0.536. The molecule has 0 amide bonds. The number of ether oxygens (including phenoxy) is 2. The van der Waals surface area contributed by atoms with Gasteiger partial charge in [0.15, 0.2) is 5.78 Å². The van der Waals surface area contributed by atoms with Gasteiger partial charge >= 0.3 is 5.97 Å². The van der Waals surface area contributed by atoms with Crippen molar-refractivity contribution in [2.45, 2.75) is 31.4 Å². The van der Waals surface area contributed by atoms with Gasteiger partial charge in [0.2, 0.25) is 0 Å². The smallest absolute Gasteiger partial charge is 0.330 e. The van der Waals surface area contributed by atoms with Gasteiger partial charge in [0.1, 0.15) is 17.2 Å². The standard InChI is InChI=1S/C24H24FNO4/c1-29-23(28)10-6-17-5-9-22-20(13-17)21(27)14-24(30-22)11-2-12-26(16-24)15-18-3-7-19(25)8-4-18/h3-10,13H,2,11-12,14-16H2,1H3. The molecule has 0 N–H and O–H groups in total. The van der Waals surface area contributed by atoms with E-state index in [1.807, 2.05) is 6.07 Å². The molecule has 0 aromatic heterocycles. The van der Waals surface area contributed by atoms with Gasteiger partial charge in [-0.3, -0.25) is 9.69 Å². The lowest BCUT2D eigenvalue weighted by atomic mass is 9.83. The number of carbonyl (C=O) groups is 2. The number of esters is 1. The van der Waals surface area contributed by atoms with Crippen LogP contribution in [0.15, 0.2) is 48.5 Å². The van der Waals surface area contributed by atoms with Gasteiger partial charge in [-0.05, 0) is 60.9 Å². The van der Waals surface area contributed by atoms with Crippen LogP contribution >= 0.6 is 0 Å². The van der Waals surface area contributed by atoms with Gasteiger partial charge in [0.05, 0.1) is 19.1 Å². The maximum Gasteiger partial charge on any atom is 0.330 e. The van der Waals surface area contributed by atoms with Crippen molar-refractivity contribution in [1.29, 1.82) is 0 Å². The maximum absolute atomic E-state index is 13.2. The van der Waals surface area contributed by atoms with E-state index in [2.05, 4.69) is 9.64 Å². The molecule has 6 heteroatoms. The van der Waals surface area contributed by atoms with Crippen molar-refractivity contribution in [2.75, 3.05) is 20.2 Å². The normalized spacial score (nSPS) is 21.5. The third kappa shape index (κ3) is 4.44. The van der Waals surface area contributed by atoms with Gasteiger partial charge in [-0.25, -0.2) is 9.18 Å². The van der Waals surface area contributed by atoms with E-state index in [1.54, 1.807) is 30.3 Å². The third-order valence-electron chi connectivity index (χ3n) is 5.66. The monoisotopic (exact) mass is 409 g/mol. The fourth-order valence-electron chi connectivity index (χ4n) is 4.25. The van der Waals surface area contributed by atoms with Crippen molar-refractivity contribution < 1.29 is 23.5 Å². The summed E-state index contributed by atoms with van der Waals surface area (Å²) in [6.07, 6.45) is 5.02. The average Bonchev–Trinajstić information content (AvgIpc) is 2.74. The maximum atomic E-state index is 13.2. The first-order valence-electron chi connectivity index (χ1n) is 10.1. The topological polar surface area (TPSA) is 55.8 Å². The third-order valence-corrected chi connectivity index (χ3v) is 5.66. The molecule has 1 saturated heterocycles. The van der Waals surface area contributed by atoms with E-state index in [1.165, 1.54) is 25.3 Å². The molecular formula is C24H24FNO4. The molecule has 1 unspecified atom stereocenters.